The molecule has 3 N–H and O–H groups in total. The summed E-state index contributed by atoms with van der Waals surface area (Å²) in [6.45, 7) is 10.5. The summed E-state index contributed by atoms with van der Waals surface area (Å²) in [5.74, 6) is 7.71. The largest absolute Gasteiger partial charge is 0.392 e. The molecule has 4 atom stereocenters. The summed E-state index contributed by atoms with van der Waals surface area (Å²) in [7, 11) is -2.23. The average Bonchev–Trinajstić information content (AvgIpc) is 2.80. The lowest BCUT2D eigenvalue weighted by atomic mass is 9.83. The highest BCUT2D eigenvalue weighted by molar-refractivity contribution is 8.01. The topological polar surface area (TPSA) is 61.4 Å². The van der Waals surface area contributed by atoms with Crippen LogP contribution in [0.4, 0.5) is 0 Å². The van der Waals surface area contributed by atoms with Crippen LogP contribution in [-0.4, -0.2) is 57.5 Å². The molecule has 2 aliphatic rings. The molecule has 0 aromatic rings. The number of rotatable bonds is 15. The normalized spacial score (nSPS) is 20.4. The van der Waals surface area contributed by atoms with Crippen molar-refractivity contribution in [2.75, 3.05) is 25.4 Å². The second kappa shape index (κ2) is 14.4. The number of hydrogen-bond donors (Lipinski definition) is 3. The highest BCUT2D eigenvalue weighted by Crippen LogP contribution is 2.34. The van der Waals surface area contributed by atoms with E-state index in [0.717, 1.165) is 58.0 Å². The molecule has 0 spiro atoms. The van der Waals surface area contributed by atoms with E-state index in [1.807, 2.05) is 20.8 Å². The van der Waals surface area contributed by atoms with Crippen LogP contribution in [-0.2, 0) is 9.52 Å². The Bertz CT molecular complexity index is 900. The number of nitrogens with one attached hydrogen (secondary N) is 2. The van der Waals surface area contributed by atoms with E-state index in [1.54, 1.807) is 0 Å². The molecule has 0 heterocycles. The third kappa shape index (κ3) is 10.3. The molecule has 2 rings (SSSR count). The van der Waals surface area contributed by atoms with Gasteiger partial charge in [0.15, 0.2) is 0 Å². The molecule has 0 saturated carbocycles. The quantitative estimate of drug-likeness (QED) is 0.218. The van der Waals surface area contributed by atoms with Gasteiger partial charge in [0.05, 0.1) is 6.10 Å². The van der Waals surface area contributed by atoms with Gasteiger partial charge in [0.1, 0.15) is 0 Å². The first-order chi connectivity index (χ1) is 16.6. The minimum Gasteiger partial charge on any atom is -0.392 e. The summed E-state index contributed by atoms with van der Waals surface area (Å²) < 4.78 is 13.2. The van der Waals surface area contributed by atoms with E-state index in [0.29, 0.717) is 31.2 Å². The molecule has 0 fully saturated rings. The van der Waals surface area contributed by atoms with E-state index in [1.165, 1.54) is 16.7 Å². The average molecular weight is 503 g/mol. The van der Waals surface area contributed by atoms with Crippen LogP contribution >= 0.6 is 0 Å². The number of hydrogen-bond acceptors (Lipinski definition) is 4. The van der Waals surface area contributed by atoms with Crippen molar-refractivity contribution in [1.29, 1.82) is 0 Å². The monoisotopic (exact) mass is 502 g/mol. The van der Waals surface area contributed by atoms with Gasteiger partial charge in [-0.25, -0.2) is 0 Å². The third-order valence-electron chi connectivity index (χ3n) is 7.26. The summed E-state index contributed by atoms with van der Waals surface area (Å²) in [6.07, 6.45) is 20.9. The first-order valence-corrected chi connectivity index (χ1v) is 15.4. The van der Waals surface area contributed by atoms with Crippen molar-refractivity contribution in [1.82, 2.24) is 10.6 Å². The maximum absolute atomic E-state index is 13.6. The zero-order valence-corrected chi connectivity index (χ0v) is 23.5. The lowest BCUT2D eigenvalue weighted by Crippen LogP contribution is -2.44. The highest BCUT2D eigenvalue weighted by Gasteiger charge is 2.28. The summed E-state index contributed by atoms with van der Waals surface area (Å²) in [5.41, 5.74) is 4.39. The first kappa shape index (κ1) is 29.9. The van der Waals surface area contributed by atoms with Gasteiger partial charge in [0.25, 0.3) is 0 Å². The van der Waals surface area contributed by atoms with E-state index in [-0.39, 0.29) is 10.7 Å². The van der Waals surface area contributed by atoms with Gasteiger partial charge in [-0.1, -0.05) is 37.1 Å². The molecular formula is C30H50N2O2S. The summed E-state index contributed by atoms with van der Waals surface area (Å²) in [4.78, 5) is 0. The van der Waals surface area contributed by atoms with Gasteiger partial charge < -0.3 is 15.7 Å². The smallest absolute Gasteiger partial charge is 0.0673 e. The number of fused-ring (bicyclic) bond motifs is 1. The Kier molecular flexibility index (Phi) is 12.3. The molecule has 0 bridgehead atoms. The van der Waals surface area contributed by atoms with Crippen LogP contribution in [0.5, 0.6) is 0 Å². The van der Waals surface area contributed by atoms with Gasteiger partial charge in [0, 0.05) is 36.1 Å². The van der Waals surface area contributed by atoms with E-state index in [2.05, 4.69) is 47.6 Å². The number of aliphatic hydroxyl groups excluding tert-OH is 1. The molecule has 2 aliphatic carbocycles. The van der Waals surface area contributed by atoms with Crippen LogP contribution in [0.15, 0.2) is 34.9 Å². The maximum Gasteiger partial charge on any atom is 0.0673 e. The van der Waals surface area contributed by atoms with Crippen molar-refractivity contribution < 1.29 is 9.32 Å². The summed E-state index contributed by atoms with van der Waals surface area (Å²) in [5, 5.41) is 17.3. The Morgan fingerprint density at radius 2 is 1.91 bits per heavy atom. The molecule has 198 valence electrons. The minimum absolute atomic E-state index is 0.278. The fourth-order valence-corrected chi connectivity index (χ4v) is 6.31. The highest BCUT2D eigenvalue weighted by atomic mass is 32.2. The lowest BCUT2D eigenvalue weighted by Gasteiger charge is -2.31. The molecule has 4 nitrogen and oxygen atoms in total. The van der Waals surface area contributed by atoms with Crippen molar-refractivity contribution in [3.63, 3.8) is 0 Å². The zero-order valence-electron chi connectivity index (χ0n) is 22.7. The van der Waals surface area contributed by atoms with E-state index >= 15 is 0 Å². The third-order valence-corrected chi connectivity index (χ3v) is 10.5. The first-order valence-electron chi connectivity index (χ1n) is 13.5. The van der Waals surface area contributed by atoms with Crippen LogP contribution in [0.2, 0.25) is 0 Å². The summed E-state index contributed by atoms with van der Waals surface area (Å²) in [6, 6.07) is 0.314. The molecule has 0 saturated heterocycles. The van der Waals surface area contributed by atoms with Crippen molar-refractivity contribution >= 4 is 15.4 Å². The second-order valence-corrected chi connectivity index (χ2v) is 14.6. The van der Waals surface area contributed by atoms with Gasteiger partial charge in [-0.2, -0.15) is 0 Å². The van der Waals surface area contributed by atoms with E-state index in [9.17, 15) is 9.32 Å². The fraction of sp³-hybridized carbons (Fsp3) is 0.700. The van der Waals surface area contributed by atoms with Crippen LogP contribution in [0.1, 0.15) is 85.5 Å². The molecule has 0 aliphatic heterocycles. The molecule has 3 unspecified atom stereocenters. The maximum atomic E-state index is 13.6. The molecule has 0 aromatic heterocycles. The van der Waals surface area contributed by atoms with Gasteiger partial charge in [0.2, 0.25) is 0 Å². The number of terminal acetylenes is 1. The van der Waals surface area contributed by atoms with Gasteiger partial charge >= 0.3 is 0 Å². The Hall–Kier alpha value is -1.32. The van der Waals surface area contributed by atoms with Gasteiger partial charge in [-0.3, -0.25) is 4.21 Å². The van der Waals surface area contributed by atoms with Crippen LogP contribution in [0, 0.1) is 18.3 Å². The second-order valence-electron chi connectivity index (χ2n) is 11.4. The number of allylic oxidation sites excluding steroid dienone is 6. The van der Waals surface area contributed by atoms with Gasteiger partial charge in [-0.05, 0) is 105 Å². The van der Waals surface area contributed by atoms with Crippen molar-refractivity contribution in [3.8, 4) is 12.3 Å². The Labute approximate surface area is 216 Å². The SMILES string of the molecule is C#CCCC(O)CNCC(CCC)NC[C@H](CC1=CC2=CCCC=C2CC1)CS(=C)(=O)C(C)(C)C. The molecule has 35 heavy (non-hydrogen) atoms. The molecule has 5 heteroatoms. The van der Waals surface area contributed by atoms with Gasteiger partial charge in [-0.15, -0.1) is 12.3 Å². The molecule has 0 amide bonds. The predicted octanol–water partition coefficient (Wildman–Crippen LogP) is 5.00. The zero-order chi connectivity index (χ0) is 25.9. The van der Waals surface area contributed by atoms with Crippen LogP contribution in [0.25, 0.3) is 0 Å². The molecular weight excluding hydrogens is 452 g/mol. The summed E-state index contributed by atoms with van der Waals surface area (Å²) >= 11 is 0. The Morgan fingerprint density at radius 3 is 2.60 bits per heavy atom. The predicted molar refractivity (Wildman–Crippen MR) is 154 cm³/mol. The number of aliphatic hydroxyl groups is 1. The standard InChI is InChI=1S/C30H50N2O2S/c1-7-9-15-29(33)22-31-21-28(12-8-2)32-20-25(23-35(6,34)30(3,4)5)18-24-16-17-26-13-10-11-14-27(26)19-24/h1,13-14,19,25,28-29,31-33H,6,8-12,15-18,20-23H2,2-5H3/t25-,28?,29?,35?/m0/s1. The Morgan fingerprint density at radius 1 is 1.17 bits per heavy atom. The molecule has 0 radical (unpaired) electrons. The Balaban J connectivity index is 2.03. The van der Waals surface area contributed by atoms with Crippen molar-refractivity contribution in [2.24, 2.45) is 5.92 Å². The minimum atomic E-state index is -2.23. The fourth-order valence-electron chi connectivity index (χ4n) is 4.82. The van der Waals surface area contributed by atoms with Crippen molar-refractivity contribution in [3.05, 3.63) is 34.9 Å². The van der Waals surface area contributed by atoms with Crippen LogP contribution in [0.3, 0.4) is 0 Å². The van der Waals surface area contributed by atoms with E-state index in [4.69, 9.17) is 6.42 Å². The lowest BCUT2D eigenvalue weighted by molar-refractivity contribution is 0.162. The van der Waals surface area contributed by atoms with Crippen molar-refractivity contribution in [2.45, 2.75) is 102 Å². The van der Waals surface area contributed by atoms with E-state index < -0.39 is 15.6 Å². The van der Waals surface area contributed by atoms with Crippen LogP contribution < -0.4 is 10.6 Å². The molecule has 0 aromatic carbocycles.